The van der Waals surface area contributed by atoms with Crippen LogP contribution in [0.2, 0.25) is 0 Å². The van der Waals surface area contributed by atoms with Gasteiger partial charge >= 0.3 is 0 Å². The Morgan fingerprint density at radius 1 is 1.22 bits per heavy atom. The highest BCUT2D eigenvalue weighted by Gasteiger charge is 2.09. The second-order valence-electron chi connectivity index (χ2n) is 4.79. The number of benzene rings is 1. The number of nitrogens with zero attached hydrogens (tertiary/aromatic N) is 2. The van der Waals surface area contributed by atoms with Crippen molar-refractivity contribution in [1.82, 2.24) is 15.2 Å². The third kappa shape index (κ3) is 3.87. The number of thioether (sulfide) groups is 1. The SMILES string of the molecule is Cc1ccc(/C=C/c2nc(SCc3cccc(F)c3F)n[nH]2)o1. The van der Waals surface area contributed by atoms with E-state index in [4.69, 9.17) is 4.42 Å². The molecule has 0 aliphatic heterocycles. The minimum atomic E-state index is -0.851. The quantitative estimate of drug-likeness (QED) is 0.701. The highest BCUT2D eigenvalue weighted by molar-refractivity contribution is 7.98. The molecule has 1 aromatic carbocycles. The summed E-state index contributed by atoms with van der Waals surface area (Å²) in [5.74, 6) is 0.674. The van der Waals surface area contributed by atoms with Crippen molar-refractivity contribution in [3.8, 4) is 0 Å². The number of halogens is 2. The van der Waals surface area contributed by atoms with Gasteiger partial charge < -0.3 is 4.42 Å². The zero-order chi connectivity index (χ0) is 16.2. The summed E-state index contributed by atoms with van der Waals surface area (Å²) >= 11 is 1.23. The summed E-state index contributed by atoms with van der Waals surface area (Å²) in [5.41, 5.74) is 0.281. The van der Waals surface area contributed by atoms with Crippen molar-refractivity contribution in [2.75, 3.05) is 0 Å². The number of rotatable bonds is 5. The Morgan fingerprint density at radius 2 is 2.09 bits per heavy atom. The number of furan rings is 1. The molecule has 0 atom stereocenters. The van der Waals surface area contributed by atoms with Crippen LogP contribution in [-0.2, 0) is 5.75 Å². The van der Waals surface area contributed by atoms with Gasteiger partial charge in [-0.15, -0.1) is 5.10 Å². The molecule has 3 rings (SSSR count). The maximum absolute atomic E-state index is 13.6. The van der Waals surface area contributed by atoms with Crippen LogP contribution >= 0.6 is 11.8 Å². The summed E-state index contributed by atoms with van der Waals surface area (Å²) in [6.45, 7) is 1.87. The van der Waals surface area contributed by atoms with Crippen LogP contribution in [0.4, 0.5) is 8.78 Å². The number of nitrogens with one attached hydrogen (secondary N) is 1. The van der Waals surface area contributed by atoms with Crippen molar-refractivity contribution in [2.24, 2.45) is 0 Å². The Balaban J connectivity index is 1.63. The van der Waals surface area contributed by atoms with E-state index < -0.39 is 11.6 Å². The molecule has 0 aliphatic carbocycles. The smallest absolute Gasteiger partial charge is 0.209 e. The molecule has 1 N–H and O–H groups in total. The van der Waals surface area contributed by atoms with Gasteiger partial charge in [-0.05, 0) is 37.3 Å². The van der Waals surface area contributed by atoms with E-state index in [0.717, 1.165) is 17.6 Å². The summed E-state index contributed by atoms with van der Waals surface area (Å²) in [6, 6.07) is 7.83. The van der Waals surface area contributed by atoms with E-state index in [2.05, 4.69) is 15.2 Å². The molecule has 0 aliphatic rings. The van der Waals surface area contributed by atoms with Gasteiger partial charge in [0.25, 0.3) is 0 Å². The van der Waals surface area contributed by atoms with Gasteiger partial charge in [0.2, 0.25) is 5.16 Å². The average Bonchev–Trinajstić information content (AvgIpc) is 3.15. The summed E-state index contributed by atoms with van der Waals surface area (Å²) in [6.07, 6.45) is 3.51. The highest BCUT2D eigenvalue weighted by Crippen LogP contribution is 2.22. The van der Waals surface area contributed by atoms with Crippen LogP contribution in [0.15, 0.2) is 39.9 Å². The predicted molar refractivity (Wildman–Crippen MR) is 84.7 cm³/mol. The molecule has 118 valence electrons. The molecule has 4 nitrogen and oxygen atoms in total. The molecule has 0 saturated carbocycles. The van der Waals surface area contributed by atoms with Crippen LogP contribution in [0.25, 0.3) is 12.2 Å². The second kappa shape index (κ2) is 6.78. The monoisotopic (exact) mass is 333 g/mol. The van der Waals surface area contributed by atoms with Crippen LogP contribution in [-0.4, -0.2) is 15.2 Å². The van der Waals surface area contributed by atoms with Gasteiger partial charge in [0, 0.05) is 11.3 Å². The molecule has 2 aromatic heterocycles. The summed E-state index contributed by atoms with van der Waals surface area (Å²) in [4.78, 5) is 4.25. The largest absolute Gasteiger partial charge is 0.462 e. The van der Waals surface area contributed by atoms with Gasteiger partial charge in [0.15, 0.2) is 11.6 Å². The zero-order valence-electron chi connectivity index (χ0n) is 12.2. The van der Waals surface area contributed by atoms with E-state index in [1.165, 1.54) is 23.9 Å². The first-order valence-corrected chi connectivity index (χ1v) is 7.83. The van der Waals surface area contributed by atoms with Crippen molar-refractivity contribution in [1.29, 1.82) is 0 Å². The molecule has 0 saturated heterocycles. The summed E-state index contributed by atoms with van der Waals surface area (Å²) in [5, 5.41) is 7.26. The van der Waals surface area contributed by atoms with Gasteiger partial charge in [-0.25, -0.2) is 13.8 Å². The zero-order valence-corrected chi connectivity index (χ0v) is 13.0. The number of aryl methyl sites for hydroxylation is 1. The first-order chi connectivity index (χ1) is 11.1. The molecular formula is C16H13F2N3OS. The van der Waals surface area contributed by atoms with Crippen molar-refractivity contribution >= 4 is 23.9 Å². The predicted octanol–water partition coefficient (Wildman–Crippen LogP) is 4.45. The first-order valence-electron chi connectivity index (χ1n) is 6.84. The van der Waals surface area contributed by atoms with Crippen molar-refractivity contribution in [2.45, 2.75) is 17.8 Å². The Labute approximate surface area is 135 Å². The van der Waals surface area contributed by atoms with E-state index >= 15 is 0 Å². The highest BCUT2D eigenvalue weighted by atomic mass is 32.2. The van der Waals surface area contributed by atoms with Gasteiger partial charge in [-0.1, -0.05) is 23.9 Å². The summed E-state index contributed by atoms with van der Waals surface area (Å²) < 4.78 is 32.1. The Bertz CT molecular complexity index is 841. The number of hydrogen-bond donors (Lipinski definition) is 1. The second-order valence-corrected chi connectivity index (χ2v) is 5.73. The maximum Gasteiger partial charge on any atom is 0.209 e. The van der Waals surface area contributed by atoms with Crippen molar-refractivity contribution in [3.05, 3.63) is 64.9 Å². The molecule has 23 heavy (non-hydrogen) atoms. The van der Waals surface area contributed by atoms with Crippen molar-refractivity contribution in [3.63, 3.8) is 0 Å². The minimum absolute atomic E-state index is 0.252. The first kappa shape index (κ1) is 15.5. The Morgan fingerprint density at radius 3 is 2.87 bits per heavy atom. The fraction of sp³-hybridized carbons (Fsp3) is 0.125. The van der Waals surface area contributed by atoms with Crippen LogP contribution in [0, 0.1) is 18.6 Å². The van der Waals surface area contributed by atoms with E-state index in [-0.39, 0.29) is 11.3 Å². The van der Waals surface area contributed by atoms with Crippen LogP contribution in [0.5, 0.6) is 0 Å². The molecule has 0 radical (unpaired) electrons. The lowest BCUT2D eigenvalue weighted by molar-refractivity contribution is 0.502. The molecule has 0 bridgehead atoms. The normalized spacial score (nSPS) is 11.4. The molecule has 7 heteroatoms. The number of hydrogen-bond acceptors (Lipinski definition) is 4. The van der Waals surface area contributed by atoms with Crippen molar-refractivity contribution < 1.29 is 13.2 Å². The van der Waals surface area contributed by atoms with Gasteiger partial charge in [-0.2, -0.15) is 0 Å². The molecule has 0 amide bonds. The molecule has 0 spiro atoms. The lowest BCUT2D eigenvalue weighted by Crippen LogP contribution is -1.92. The van der Waals surface area contributed by atoms with Gasteiger partial charge in [0.1, 0.15) is 17.3 Å². The topological polar surface area (TPSA) is 54.7 Å². The fourth-order valence-electron chi connectivity index (χ4n) is 1.90. The van der Waals surface area contributed by atoms with Crippen LogP contribution in [0.3, 0.4) is 0 Å². The van der Waals surface area contributed by atoms with E-state index in [0.29, 0.717) is 11.0 Å². The fourth-order valence-corrected chi connectivity index (χ4v) is 2.68. The summed E-state index contributed by atoms with van der Waals surface area (Å²) in [7, 11) is 0. The van der Waals surface area contributed by atoms with E-state index in [9.17, 15) is 8.78 Å². The molecule has 0 unspecified atom stereocenters. The van der Waals surface area contributed by atoms with E-state index in [1.807, 2.05) is 19.1 Å². The Hall–Kier alpha value is -2.41. The van der Waals surface area contributed by atoms with Crippen LogP contribution < -0.4 is 0 Å². The van der Waals surface area contributed by atoms with E-state index in [1.54, 1.807) is 12.2 Å². The number of H-pyrrole nitrogens is 1. The van der Waals surface area contributed by atoms with Gasteiger partial charge in [-0.3, -0.25) is 5.10 Å². The molecule has 0 fully saturated rings. The number of aromatic amines is 1. The molecular weight excluding hydrogens is 320 g/mol. The Kier molecular flexibility index (Phi) is 4.57. The third-order valence-electron chi connectivity index (χ3n) is 3.04. The molecule has 2 heterocycles. The maximum atomic E-state index is 13.6. The third-order valence-corrected chi connectivity index (χ3v) is 3.93. The standard InChI is InChI=1S/C16H13F2N3OS/c1-10-5-6-12(22-10)7-8-14-19-16(21-20-14)23-9-11-3-2-4-13(17)15(11)18/h2-8H,9H2,1H3,(H,19,20,21)/b8-7+. The lowest BCUT2D eigenvalue weighted by atomic mass is 10.2. The number of aromatic nitrogens is 3. The molecule has 3 aromatic rings. The average molecular weight is 333 g/mol. The van der Waals surface area contributed by atoms with Crippen LogP contribution in [0.1, 0.15) is 22.9 Å². The minimum Gasteiger partial charge on any atom is -0.462 e. The lowest BCUT2D eigenvalue weighted by Gasteiger charge is -2.01. The van der Waals surface area contributed by atoms with Gasteiger partial charge in [0.05, 0.1) is 0 Å².